The molecule has 2 N–H and O–H groups in total. The van der Waals surface area contributed by atoms with Gasteiger partial charge in [-0.1, -0.05) is 6.42 Å². The van der Waals surface area contributed by atoms with Gasteiger partial charge in [-0.15, -0.1) is 10.2 Å². The summed E-state index contributed by atoms with van der Waals surface area (Å²) in [5, 5.41) is 14.4. The van der Waals surface area contributed by atoms with Crippen molar-refractivity contribution >= 4 is 23.2 Å². The number of hydrogen-bond donors (Lipinski definition) is 2. The van der Waals surface area contributed by atoms with Gasteiger partial charge in [0.2, 0.25) is 5.91 Å². The summed E-state index contributed by atoms with van der Waals surface area (Å²) < 4.78 is 2.20. The van der Waals surface area contributed by atoms with Gasteiger partial charge < -0.3 is 20.1 Å². The maximum Gasteiger partial charge on any atom is 0.251 e. The molecule has 8 nitrogen and oxygen atoms in total. The number of anilines is 2. The van der Waals surface area contributed by atoms with Crippen molar-refractivity contribution in [3.63, 3.8) is 0 Å². The molecule has 0 radical (unpaired) electrons. The lowest BCUT2D eigenvalue weighted by atomic mass is 10.1. The predicted octanol–water partition coefficient (Wildman–Crippen LogP) is 1.76. The van der Waals surface area contributed by atoms with Gasteiger partial charge in [0.15, 0.2) is 0 Å². The number of nitrogens with one attached hydrogen (secondary N) is 2. The van der Waals surface area contributed by atoms with E-state index in [4.69, 9.17) is 0 Å². The molecule has 0 unspecified atom stereocenters. The average Bonchev–Trinajstić information content (AvgIpc) is 2.85. The Morgan fingerprint density at radius 3 is 2.96 bits per heavy atom. The Balaban J connectivity index is 1.39. The summed E-state index contributed by atoms with van der Waals surface area (Å²) in [6.45, 7) is 2.12. The number of hydrogen-bond acceptors (Lipinski definition) is 5. The van der Waals surface area contributed by atoms with Crippen LogP contribution in [0.25, 0.3) is 0 Å². The van der Waals surface area contributed by atoms with Crippen LogP contribution >= 0.6 is 0 Å². The fourth-order valence-corrected chi connectivity index (χ4v) is 3.83. The molecule has 2 amide bonds. The first-order chi connectivity index (χ1) is 13.6. The molecule has 1 aromatic heterocycles. The van der Waals surface area contributed by atoms with Crippen molar-refractivity contribution in [3.05, 3.63) is 35.4 Å². The number of nitrogens with zero attached hydrogens (tertiary/aromatic N) is 4. The number of fused-ring (bicyclic) bond motifs is 2. The van der Waals surface area contributed by atoms with E-state index in [-0.39, 0.29) is 11.8 Å². The summed E-state index contributed by atoms with van der Waals surface area (Å²) in [7, 11) is 1.94. The SMILES string of the molecule is CN1CCC(=O)Nc2cc(C(=O)NCCc3nnc4n3CCCCC4)ccc21. The second-order valence-electron chi connectivity index (χ2n) is 7.45. The molecule has 0 atom stereocenters. The minimum Gasteiger partial charge on any atom is -0.372 e. The zero-order valence-corrected chi connectivity index (χ0v) is 16.2. The van der Waals surface area contributed by atoms with Gasteiger partial charge in [-0.2, -0.15) is 0 Å². The number of carbonyl (C=O) groups is 2. The fourth-order valence-electron chi connectivity index (χ4n) is 3.83. The molecule has 1 aromatic carbocycles. The van der Waals surface area contributed by atoms with Gasteiger partial charge in [0.25, 0.3) is 5.91 Å². The number of aryl methyl sites for hydroxylation is 1. The van der Waals surface area contributed by atoms with E-state index in [0.717, 1.165) is 36.7 Å². The lowest BCUT2D eigenvalue weighted by Gasteiger charge is -2.18. The van der Waals surface area contributed by atoms with Gasteiger partial charge in [0, 0.05) is 51.5 Å². The molecule has 2 aromatic rings. The predicted molar refractivity (Wildman–Crippen MR) is 107 cm³/mol. The number of rotatable bonds is 4. The summed E-state index contributed by atoms with van der Waals surface area (Å²) in [5.74, 6) is 1.81. The zero-order valence-electron chi connectivity index (χ0n) is 16.2. The third-order valence-corrected chi connectivity index (χ3v) is 5.44. The van der Waals surface area contributed by atoms with Crippen LogP contribution in [0.15, 0.2) is 18.2 Å². The molecule has 0 spiro atoms. The van der Waals surface area contributed by atoms with Crippen LogP contribution in [-0.4, -0.2) is 46.7 Å². The monoisotopic (exact) mass is 382 g/mol. The van der Waals surface area contributed by atoms with E-state index in [1.807, 2.05) is 18.0 Å². The molecular formula is C20H26N6O2. The number of benzene rings is 1. The first-order valence-electron chi connectivity index (χ1n) is 9.96. The molecular weight excluding hydrogens is 356 g/mol. The Morgan fingerprint density at radius 1 is 1.18 bits per heavy atom. The van der Waals surface area contributed by atoms with E-state index >= 15 is 0 Å². The van der Waals surface area contributed by atoms with E-state index in [9.17, 15) is 9.59 Å². The molecule has 2 aliphatic rings. The molecule has 0 saturated heterocycles. The third kappa shape index (κ3) is 3.85. The molecule has 148 valence electrons. The van der Waals surface area contributed by atoms with Gasteiger partial charge >= 0.3 is 0 Å². The zero-order chi connectivity index (χ0) is 19.5. The molecule has 8 heteroatoms. The van der Waals surface area contributed by atoms with E-state index in [1.54, 1.807) is 12.1 Å². The van der Waals surface area contributed by atoms with Crippen molar-refractivity contribution in [2.75, 3.05) is 30.4 Å². The highest BCUT2D eigenvalue weighted by Crippen LogP contribution is 2.28. The quantitative estimate of drug-likeness (QED) is 0.841. The fraction of sp³-hybridized carbons (Fsp3) is 0.500. The van der Waals surface area contributed by atoms with E-state index in [2.05, 4.69) is 25.4 Å². The second-order valence-corrected chi connectivity index (χ2v) is 7.45. The van der Waals surface area contributed by atoms with Gasteiger partial charge in [-0.25, -0.2) is 0 Å². The lowest BCUT2D eigenvalue weighted by Crippen LogP contribution is -2.27. The van der Waals surface area contributed by atoms with Crippen molar-refractivity contribution in [1.29, 1.82) is 0 Å². The Hall–Kier alpha value is -2.90. The molecule has 0 bridgehead atoms. The molecule has 4 rings (SSSR count). The van der Waals surface area contributed by atoms with Gasteiger partial charge in [0.05, 0.1) is 11.4 Å². The molecule has 3 heterocycles. The van der Waals surface area contributed by atoms with Crippen molar-refractivity contribution in [1.82, 2.24) is 20.1 Å². The highest BCUT2D eigenvalue weighted by molar-refractivity contribution is 6.00. The first kappa shape index (κ1) is 18.5. The van der Waals surface area contributed by atoms with E-state index < -0.39 is 0 Å². The number of carbonyl (C=O) groups excluding carboxylic acids is 2. The Labute approximate surface area is 164 Å². The summed E-state index contributed by atoms with van der Waals surface area (Å²) in [6, 6.07) is 5.42. The van der Waals surface area contributed by atoms with Crippen molar-refractivity contribution in [3.8, 4) is 0 Å². The lowest BCUT2D eigenvalue weighted by molar-refractivity contribution is -0.115. The Morgan fingerprint density at radius 2 is 2.07 bits per heavy atom. The second kappa shape index (κ2) is 8.00. The summed E-state index contributed by atoms with van der Waals surface area (Å²) in [6.07, 6.45) is 5.62. The number of aromatic nitrogens is 3. The van der Waals surface area contributed by atoms with Gasteiger partial charge in [-0.3, -0.25) is 9.59 Å². The van der Waals surface area contributed by atoms with E-state index in [0.29, 0.717) is 37.2 Å². The average molecular weight is 382 g/mol. The highest BCUT2D eigenvalue weighted by Gasteiger charge is 2.19. The van der Waals surface area contributed by atoms with Crippen LogP contribution in [0.2, 0.25) is 0 Å². The third-order valence-electron chi connectivity index (χ3n) is 5.44. The standard InChI is InChI=1S/C20H26N6O2/c1-25-12-9-19(27)22-15-13-14(6-7-16(15)25)20(28)21-10-8-18-24-23-17-5-3-2-4-11-26(17)18/h6-7,13H,2-5,8-12H2,1H3,(H,21,28)(H,22,27). The minimum absolute atomic E-state index is 0.0318. The van der Waals surface area contributed by atoms with Crippen LogP contribution in [0, 0.1) is 0 Å². The normalized spacial score (nSPS) is 16.5. The van der Waals surface area contributed by atoms with Crippen LogP contribution in [-0.2, 0) is 24.2 Å². The van der Waals surface area contributed by atoms with Crippen molar-refractivity contribution in [2.45, 2.75) is 45.1 Å². The van der Waals surface area contributed by atoms with Crippen LogP contribution in [0.1, 0.15) is 47.7 Å². The smallest absolute Gasteiger partial charge is 0.251 e. The summed E-state index contributed by atoms with van der Waals surface area (Å²) >= 11 is 0. The molecule has 0 saturated carbocycles. The topological polar surface area (TPSA) is 92.2 Å². The summed E-state index contributed by atoms with van der Waals surface area (Å²) in [4.78, 5) is 26.5. The highest BCUT2D eigenvalue weighted by atomic mass is 16.2. The molecule has 0 aliphatic carbocycles. The van der Waals surface area contributed by atoms with Gasteiger partial charge in [0.1, 0.15) is 11.6 Å². The maximum atomic E-state index is 12.6. The summed E-state index contributed by atoms with van der Waals surface area (Å²) in [5.41, 5.74) is 2.14. The Kier molecular flexibility index (Phi) is 5.27. The molecule has 2 aliphatic heterocycles. The first-order valence-corrected chi connectivity index (χ1v) is 9.96. The van der Waals surface area contributed by atoms with Crippen LogP contribution < -0.4 is 15.5 Å². The minimum atomic E-state index is -0.153. The largest absolute Gasteiger partial charge is 0.372 e. The maximum absolute atomic E-state index is 12.6. The number of amides is 2. The molecule has 28 heavy (non-hydrogen) atoms. The van der Waals surface area contributed by atoms with Crippen molar-refractivity contribution in [2.24, 2.45) is 0 Å². The van der Waals surface area contributed by atoms with Crippen LogP contribution in [0.3, 0.4) is 0 Å². The van der Waals surface area contributed by atoms with Crippen LogP contribution in [0.4, 0.5) is 11.4 Å². The van der Waals surface area contributed by atoms with Crippen LogP contribution in [0.5, 0.6) is 0 Å². The van der Waals surface area contributed by atoms with Crippen molar-refractivity contribution < 1.29 is 9.59 Å². The Bertz CT molecular complexity index is 891. The van der Waals surface area contributed by atoms with E-state index in [1.165, 1.54) is 12.8 Å². The van der Waals surface area contributed by atoms with Gasteiger partial charge in [-0.05, 0) is 31.0 Å². The molecule has 0 fully saturated rings.